The van der Waals surface area contributed by atoms with Gasteiger partial charge in [0.1, 0.15) is 12.6 Å². The summed E-state index contributed by atoms with van der Waals surface area (Å²) in [4.78, 5) is 21.9. The van der Waals surface area contributed by atoms with Crippen molar-refractivity contribution in [2.24, 2.45) is 5.73 Å². The number of carbonyl (C=O) groups is 2. The first-order valence-corrected chi connectivity index (χ1v) is 6.51. The number of halogens is 1. The highest BCUT2D eigenvalue weighted by atomic mass is 35.5. The lowest BCUT2D eigenvalue weighted by atomic mass is 10.2. The van der Waals surface area contributed by atoms with Crippen LogP contribution in [0.25, 0.3) is 0 Å². The summed E-state index contributed by atoms with van der Waals surface area (Å²) in [6, 6.07) is 6.16. The molecule has 0 spiro atoms. The molecule has 0 aliphatic heterocycles. The maximum atomic E-state index is 11.4. The summed E-state index contributed by atoms with van der Waals surface area (Å²) in [5.41, 5.74) is 6.05. The maximum absolute atomic E-state index is 11.4. The highest BCUT2D eigenvalue weighted by molar-refractivity contribution is 6.31. The summed E-state index contributed by atoms with van der Waals surface area (Å²) < 4.78 is 4.98. The van der Waals surface area contributed by atoms with Crippen LogP contribution in [0.2, 0.25) is 5.02 Å². The minimum absolute atomic E-state index is 0.0835. The first-order chi connectivity index (χ1) is 9.50. The van der Waals surface area contributed by atoms with Gasteiger partial charge in [-0.15, -0.1) is 0 Å². The molecule has 0 bridgehead atoms. The standard InChI is InChI=1S/C13H17ClN2O4/c14-10-5-2-1-4-9(10)8-20-13(19)16-7-3-6-11(15)12(17)18/h1-2,4-5,11H,3,6-8,15H2,(H,16,19)(H,17,18)/t11-/m0/s1. The van der Waals surface area contributed by atoms with Gasteiger partial charge in [0.25, 0.3) is 0 Å². The van der Waals surface area contributed by atoms with Crippen LogP contribution in [-0.2, 0) is 16.1 Å². The van der Waals surface area contributed by atoms with E-state index in [-0.39, 0.29) is 6.61 Å². The minimum Gasteiger partial charge on any atom is -0.480 e. The van der Waals surface area contributed by atoms with E-state index in [4.69, 9.17) is 27.2 Å². The Bertz CT molecular complexity index is 467. The van der Waals surface area contributed by atoms with E-state index in [0.717, 1.165) is 5.56 Å². The third-order valence-corrected chi connectivity index (χ3v) is 2.96. The molecular formula is C13H17ClN2O4. The first-order valence-electron chi connectivity index (χ1n) is 6.13. The molecule has 1 rings (SSSR count). The Kier molecular flexibility index (Phi) is 6.83. The lowest BCUT2D eigenvalue weighted by Gasteiger charge is -2.09. The molecule has 1 amide bonds. The smallest absolute Gasteiger partial charge is 0.407 e. The van der Waals surface area contributed by atoms with Crippen molar-refractivity contribution in [2.75, 3.05) is 6.54 Å². The van der Waals surface area contributed by atoms with E-state index in [9.17, 15) is 9.59 Å². The van der Waals surface area contributed by atoms with Gasteiger partial charge < -0.3 is 20.9 Å². The second-order valence-electron chi connectivity index (χ2n) is 4.18. The van der Waals surface area contributed by atoms with Crippen molar-refractivity contribution in [2.45, 2.75) is 25.5 Å². The zero-order valence-corrected chi connectivity index (χ0v) is 11.6. The van der Waals surface area contributed by atoms with Gasteiger partial charge in [-0.05, 0) is 18.9 Å². The summed E-state index contributed by atoms with van der Waals surface area (Å²) >= 11 is 5.92. The molecule has 110 valence electrons. The molecule has 4 N–H and O–H groups in total. The number of benzene rings is 1. The normalized spacial score (nSPS) is 11.7. The fourth-order valence-corrected chi connectivity index (χ4v) is 1.64. The number of rotatable bonds is 7. The molecule has 7 heteroatoms. The molecule has 0 saturated carbocycles. The zero-order chi connectivity index (χ0) is 15.0. The number of carbonyl (C=O) groups excluding carboxylic acids is 1. The van der Waals surface area contributed by atoms with E-state index in [1.165, 1.54) is 0 Å². The molecule has 0 fully saturated rings. The highest BCUT2D eigenvalue weighted by Crippen LogP contribution is 2.15. The fraction of sp³-hybridized carbons (Fsp3) is 0.385. The number of hydrogen-bond acceptors (Lipinski definition) is 4. The van der Waals surface area contributed by atoms with E-state index in [0.29, 0.717) is 24.4 Å². The molecule has 20 heavy (non-hydrogen) atoms. The third kappa shape index (κ3) is 5.90. The van der Waals surface area contributed by atoms with Gasteiger partial charge in [0.2, 0.25) is 0 Å². The third-order valence-electron chi connectivity index (χ3n) is 2.60. The monoisotopic (exact) mass is 300 g/mol. The van der Waals surface area contributed by atoms with Crippen LogP contribution in [0.3, 0.4) is 0 Å². The Morgan fingerprint density at radius 2 is 2.10 bits per heavy atom. The molecule has 0 aliphatic carbocycles. The number of nitrogens with one attached hydrogen (secondary N) is 1. The number of nitrogens with two attached hydrogens (primary N) is 1. The predicted molar refractivity (Wildman–Crippen MR) is 74.5 cm³/mol. The summed E-state index contributed by atoms with van der Waals surface area (Å²) in [5.74, 6) is -1.05. The summed E-state index contributed by atoms with van der Waals surface area (Å²) in [7, 11) is 0. The van der Waals surface area contributed by atoms with Gasteiger partial charge in [0, 0.05) is 17.1 Å². The quantitative estimate of drug-likeness (QED) is 0.666. The summed E-state index contributed by atoms with van der Waals surface area (Å²) in [5, 5.41) is 11.6. The lowest BCUT2D eigenvalue weighted by molar-refractivity contribution is -0.138. The van der Waals surface area contributed by atoms with E-state index < -0.39 is 18.1 Å². The topological polar surface area (TPSA) is 102 Å². The lowest BCUT2D eigenvalue weighted by Crippen LogP contribution is -2.32. The van der Waals surface area contributed by atoms with Crippen molar-refractivity contribution in [3.05, 3.63) is 34.9 Å². The SMILES string of the molecule is N[C@@H](CCCNC(=O)OCc1ccccc1Cl)C(=O)O. The van der Waals surface area contributed by atoms with Crippen molar-refractivity contribution < 1.29 is 19.4 Å². The second kappa shape index (κ2) is 8.39. The first kappa shape index (κ1) is 16.3. The van der Waals surface area contributed by atoms with E-state index in [1.54, 1.807) is 24.3 Å². The molecule has 0 aliphatic rings. The highest BCUT2D eigenvalue weighted by Gasteiger charge is 2.11. The number of carboxylic acid groups (broad SMARTS) is 1. The average Bonchev–Trinajstić information content (AvgIpc) is 2.42. The van der Waals surface area contributed by atoms with Crippen LogP contribution in [0.1, 0.15) is 18.4 Å². The number of amides is 1. The molecule has 1 aromatic rings. The molecule has 0 radical (unpaired) electrons. The van der Waals surface area contributed by atoms with Gasteiger partial charge in [0.15, 0.2) is 0 Å². The fourth-order valence-electron chi connectivity index (χ4n) is 1.45. The van der Waals surface area contributed by atoms with Gasteiger partial charge in [-0.25, -0.2) is 4.79 Å². The van der Waals surface area contributed by atoms with Crippen molar-refractivity contribution in [3.8, 4) is 0 Å². The van der Waals surface area contributed by atoms with Crippen LogP contribution in [0, 0.1) is 0 Å². The largest absolute Gasteiger partial charge is 0.480 e. The van der Waals surface area contributed by atoms with Crippen molar-refractivity contribution in [1.29, 1.82) is 0 Å². The van der Waals surface area contributed by atoms with Crippen molar-refractivity contribution in [3.63, 3.8) is 0 Å². The van der Waals surface area contributed by atoms with E-state index >= 15 is 0 Å². The maximum Gasteiger partial charge on any atom is 0.407 e. The molecule has 0 heterocycles. The van der Waals surface area contributed by atoms with Crippen LogP contribution in [0.15, 0.2) is 24.3 Å². The molecular weight excluding hydrogens is 284 g/mol. The van der Waals surface area contributed by atoms with Gasteiger partial charge in [-0.3, -0.25) is 4.79 Å². The Hall–Kier alpha value is -1.79. The van der Waals surface area contributed by atoms with Gasteiger partial charge in [0.05, 0.1) is 0 Å². The molecule has 0 saturated heterocycles. The number of hydrogen-bond donors (Lipinski definition) is 3. The Balaban J connectivity index is 2.18. The molecule has 1 atom stereocenters. The van der Waals surface area contributed by atoms with Gasteiger partial charge >= 0.3 is 12.1 Å². The summed E-state index contributed by atoms with van der Waals surface area (Å²) in [6.07, 6.45) is 0.184. The number of alkyl carbamates (subject to hydrolysis) is 1. The van der Waals surface area contributed by atoms with Crippen molar-refractivity contribution >= 4 is 23.7 Å². The van der Waals surface area contributed by atoms with Crippen LogP contribution < -0.4 is 11.1 Å². The van der Waals surface area contributed by atoms with Crippen LogP contribution in [-0.4, -0.2) is 29.8 Å². The Labute approximate surface area is 121 Å². The van der Waals surface area contributed by atoms with Crippen LogP contribution >= 0.6 is 11.6 Å². The number of aliphatic carboxylic acids is 1. The van der Waals surface area contributed by atoms with Crippen molar-refractivity contribution in [1.82, 2.24) is 5.32 Å². The molecule has 6 nitrogen and oxygen atoms in total. The van der Waals surface area contributed by atoms with Gasteiger partial charge in [-0.2, -0.15) is 0 Å². The van der Waals surface area contributed by atoms with Gasteiger partial charge in [-0.1, -0.05) is 29.8 Å². The number of carboxylic acids is 1. The minimum atomic E-state index is -1.05. The zero-order valence-electron chi connectivity index (χ0n) is 10.8. The van der Waals surface area contributed by atoms with E-state index in [2.05, 4.69) is 5.32 Å². The Morgan fingerprint density at radius 1 is 1.40 bits per heavy atom. The van der Waals surface area contributed by atoms with Crippen LogP contribution in [0.4, 0.5) is 4.79 Å². The second-order valence-corrected chi connectivity index (χ2v) is 4.59. The predicted octanol–water partition coefficient (Wildman–Crippen LogP) is 1.76. The molecule has 0 aromatic heterocycles. The number of ether oxygens (including phenoxy) is 1. The molecule has 0 unspecified atom stereocenters. The average molecular weight is 301 g/mol. The summed E-state index contributed by atoms with van der Waals surface area (Å²) in [6.45, 7) is 0.391. The van der Waals surface area contributed by atoms with Crippen LogP contribution in [0.5, 0.6) is 0 Å². The van der Waals surface area contributed by atoms with E-state index in [1.807, 2.05) is 0 Å². The Morgan fingerprint density at radius 3 is 2.75 bits per heavy atom. The molecule has 1 aromatic carbocycles.